The second-order valence-corrected chi connectivity index (χ2v) is 8.29. The van der Waals surface area contributed by atoms with Crippen molar-refractivity contribution in [2.75, 3.05) is 26.0 Å². The first-order valence-corrected chi connectivity index (χ1v) is 10.7. The predicted octanol–water partition coefficient (Wildman–Crippen LogP) is 5.22. The number of benzene rings is 2. The molecule has 1 unspecified atom stereocenters. The fourth-order valence-corrected chi connectivity index (χ4v) is 3.84. The largest absolute Gasteiger partial charge is 0.491 e. The molecule has 1 atom stereocenters. The van der Waals surface area contributed by atoms with E-state index in [0.717, 1.165) is 35.6 Å². The van der Waals surface area contributed by atoms with Crippen LogP contribution in [-0.4, -0.2) is 52.4 Å². The number of nitrogens with zero attached hydrogens (tertiary/aromatic N) is 3. The van der Waals surface area contributed by atoms with Crippen LogP contribution in [0.4, 0.5) is 32.0 Å². The SMILES string of the molecule is CN(C)C1CCOc2c(NCc3nc4cc(C(F)(F)F)ccc4n3C)cccc21.O=C(O)C(F)(F)F. The summed E-state index contributed by atoms with van der Waals surface area (Å²) >= 11 is 0. The molecule has 1 aliphatic rings. The number of rotatable bonds is 4. The van der Waals surface area contributed by atoms with Gasteiger partial charge in [0, 0.05) is 25.1 Å². The van der Waals surface area contributed by atoms with Crippen molar-refractivity contribution < 1.29 is 41.0 Å². The Morgan fingerprint density at radius 3 is 2.44 bits per heavy atom. The third-order valence-corrected chi connectivity index (χ3v) is 5.65. The number of hydrogen-bond donors (Lipinski definition) is 2. The van der Waals surface area contributed by atoms with Gasteiger partial charge in [0.2, 0.25) is 0 Å². The van der Waals surface area contributed by atoms with Crippen molar-refractivity contribution in [3.8, 4) is 5.75 Å². The quantitative estimate of drug-likeness (QED) is 0.461. The molecule has 0 fully saturated rings. The van der Waals surface area contributed by atoms with Crippen LogP contribution in [0.25, 0.3) is 11.0 Å². The van der Waals surface area contributed by atoms with E-state index in [0.29, 0.717) is 30.0 Å². The monoisotopic (exact) mass is 518 g/mol. The zero-order chi connectivity index (χ0) is 26.8. The average molecular weight is 518 g/mol. The number of ether oxygens (including phenoxy) is 1. The molecule has 36 heavy (non-hydrogen) atoms. The molecule has 1 aromatic heterocycles. The number of nitrogens with one attached hydrogen (secondary N) is 1. The zero-order valence-electron chi connectivity index (χ0n) is 19.5. The van der Waals surface area contributed by atoms with Crippen molar-refractivity contribution in [3.63, 3.8) is 0 Å². The molecule has 2 aromatic carbocycles. The number of halogens is 6. The van der Waals surface area contributed by atoms with Gasteiger partial charge in [0.1, 0.15) is 11.6 Å². The molecular formula is C23H24F6N4O3. The van der Waals surface area contributed by atoms with Crippen molar-refractivity contribution in [1.29, 1.82) is 0 Å². The zero-order valence-corrected chi connectivity index (χ0v) is 19.5. The van der Waals surface area contributed by atoms with Crippen LogP contribution in [0.1, 0.15) is 29.4 Å². The summed E-state index contributed by atoms with van der Waals surface area (Å²) in [6, 6.07) is 9.93. The summed E-state index contributed by atoms with van der Waals surface area (Å²) in [6.45, 7) is 1.01. The maximum absolute atomic E-state index is 13.0. The molecule has 1 aliphatic heterocycles. The van der Waals surface area contributed by atoms with Crippen molar-refractivity contribution in [1.82, 2.24) is 14.5 Å². The minimum atomic E-state index is -5.08. The number of carboxylic acids is 1. The van der Waals surface area contributed by atoms with Crippen LogP contribution in [0.5, 0.6) is 5.75 Å². The van der Waals surface area contributed by atoms with Crippen molar-refractivity contribution in [3.05, 3.63) is 53.3 Å². The third kappa shape index (κ3) is 6.01. The van der Waals surface area contributed by atoms with Crippen LogP contribution < -0.4 is 10.1 Å². The lowest BCUT2D eigenvalue weighted by Crippen LogP contribution is -2.26. The number of alkyl halides is 6. The van der Waals surface area contributed by atoms with Crippen LogP contribution >= 0.6 is 0 Å². The highest BCUT2D eigenvalue weighted by Crippen LogP contribution is 2.40. The number of carbonyl (C=O) groups is 1. The third-order valence-electron chi connectivity index (χ3n) is 5.65. The summed E-state index contributed by atoms with van der Waals surface area (Å²) in [5, 5.41) is 10.5. The average Bonchev–Trinajstić information content (AvgIpc) is 3.11. The fraction of sp³-hybridized carbons (Fsp3) is 0.391. The van der Waals surface area contributed by atoms with Gasteiger partial charge in [0.05, 0.1) is 35.4 Å². The topological polar surface area (TPSA) is 79.6 Å². The second kappa shape index (κ2) is 10.2. The van der Waals surface area contributed by atoms with E-state index in [1.54, 1.807) is 11.6 Å². The van der Waals surface area contributed by atoms with Gasteiger partial charge in [-0.3, -0.25) is 0 Å². The molecule has 0 saturated heterocycles. The summed E-state index contributed by atoms with van der Waals surface area (Å²) in [5.74, 6) is -1.28. The van der Waals surface area contributed by atoms with Crippen LogP contribution in [-0.2, 0) is 24.6 Å². The van der Waals surface area contributed by atoms with Gasteiger partial charge in [0.15, 0.2) is 0 Å². The maximum Gasteiger partial charge on any atom is 0.490 e. The van der Waals surface area contributed by atoms with Crippen LogP contribution in [0.3, 0.4) is 0 Å². The number of aliphatic carboxylic acids is 1. The van der Waals surface area contributed by atoms with E-state index in [4.69, 9.17) is 14.6 Å². The molecule has 0 aliphatic carbocycles. The summed E-state index contributed by atoms with van der Waals surface area (Å²) in [5.41, 5.74) is 2.29. The van der Waals surface area contributed by atoms with Gasteiger partial charge in [-0.1, -0.05) is 12.1 Å². The fourth-order valence-electron chi connectivity index (χ4n) is 3.84. The van der Waals surface area contributed by atoms with E-state index in [-0.39, 0.29) is 6.04 Å². The number of fused-ring (bicyclic) bond motifs is 2. The number of hydrogen-bond acceptors (Lipinski definition) is 5. The Kier molecular flexibility index (Phi) is 7.72. The number of imidazole rings is 1. The summed E-state index contributed by atoms with van der Waals surface area (Å²) in [6.07, 6.45) is -8.54. The lowest BCUT2D eigenvalue weighted by Gasteiger charge is -2.32. The van der Waals surface area contributed by atoms with Gasteiger partial charge in [-0.25, -0.2) is 9.78 Å². The molecule has 0 amide bonds. The first-order chi connectivity index (χ1) is 16.7. The predicted molar refractivity (Wildman–Crippen MR) is 120 cm³/mol. The Morgan fingerprint density at radius 1 is 1.19 bits per heavy atom. The number of para-hydroxylation sites is 1. The smallest absolute Gasteiger partial charge is 0.490 e. The molecule has 0 radical (unpaired) electrons. The van der Waals surface area contributed by atoms with Gasteiger partial charge < -0.3 is 24.6 Å². The van der Waals surface area contributed by atoms with Gasteiger partial charge in [-0.15, -0.1) is 0 Å². The van der Waals surface area contributed by atoms with Crippen molar-refractivity contribution >= 4 is 22.7 Å². The van der Waals surface area contributed by atoms with Gasteiger partial charge in [0.25, 0.3) is 0 Å². The Labute approximate surface area is 202 Å². The number of aromatic nitrogens is 2. The Morgan fingerprint density at radius 2 is 1.86 bits per heavy atom. The van der Waals surface area contributed by atoms with E-state index in [9.17, 15) is 26.3 Å². The first-order valence-electron chi connectivity index (χ1n) is 10.7. The molecule has 0 saturated carbocycles. The Hall–Kier alpha value is -3.48. The number of carboxylic acid groups (broad SMARTS) is 1. The molecule has 7 nitrogen and oxygen atoms in total. The van der Waals surface area contributed by atoms with Gasteiger partial charge in [-0.05, 0) is 38.4 Å². The van der Waals surface area contributed by atoms with Crippen molar-refractivity contribution in [2.24, 2.45) is 7.05 Å². The highest BCUT2D eigenvalue weighted by atomic mass is 19.4. The van der Waals surface area contributed by atoms with Crippen LogP contribution in [0.2, 0.25) is 0 Å². The molecular weight excluding hydrogens is 494 g/mol. The molecule has 13 heteroatoms. The van der Waals surface area contributed by atoms with Crippen LogP contribution in [0.15, 0.2) is 36.4 Å². The highest BCUT2D eigenvalue weighted by Gasteiger charge is 2.38. The molecule has 2 heterocycles. The molecule has 0 bridgehead atoms. The van der Waals surface area contributed by atoms with E-state index in [1.807, 2.05) is 12.1 Å². The Bertz CT molecular complexity index is 1240. The molecule has 2 N–H and O–H groups in total. The molecule has 196 valence electrons. The van der Waals surface area contributed by atoms with Gasteiger partial charge in [-0.2, -0.15) is 26.3 Å². The normalized spacial score (nSPS) is 15.7. The maximum atomic E-state index is 13.0. The summed E-state index contributed by atoms with van der Waals surface area (Å²) < 4.78 is 78.4. The van der Waals surface area contributed by atoms with E-state index >= 15 is 0 Å². The summed E-state index contributed by atoms with van der Waals surface area (Å²) in [4.78, 5) is 15.5. The lowest BCUT2D eigenvalue weighted by molar-refractivity contribution is -0.192. The van der Waals surface area contributed by atoms with E-state index in [1.165, 1.54) is 6.07 Å². The molecule has 4 rings (SSSR count). The highest BCUT2D eigenvalue weighted by molar-refractivity contribution is 5.77. The molecule has 3 aromatic rings. The lowest BCUT2D eigenvalue weighted by atomic mass is 9.99. The standard InChI is InChI=1S/C21H23F3N4O.C2HF3O2/c1-27(2)17-9-10-29-20-14(17)5-4-6-15(20)25-12-19-26-16-11-13(21(22,23)24)7-8-18(16)28(19)3;3-2(4,5)1(6)7/h4-8,11,17,25H,9-10,12H2,1-3H3;(H,6,7). The minimum absolute atomic E-state index is 0.289. The van der Waals surface area contributed by atoms with Crippen LogP contribution in [0, 0.1) is 0 Å². The minimum Gasteiger partial charge on any atom is -0.491 e. The summed E-state index contributed by atoms with van der Waals surface area (Å²) in [7, 11) is 5.90. The molecule has 0 spiro atoms. The van der Waals surface area contributed by atoms with Gasteiger partial charge >= 0.3 is 18.3 Å². The second-order valence-electron chi connectivity index (χ2n) is 8.29. The number of aryl methyl sites for hydroxylation is 1. The van der Waals surface area contributed by atoms with E-state index < -0.39 is 23.9 Å². The first kappa shape index (κ1) is 27.1. The van der Waals surface area contributed by atoms with E-state index in [2.05, 4.69) is 35.4 Å². The Balaban J connectivity index is 0.000000454. The van der Waals surface area contributed by atoms with Crippen molar-refractivity contribution in [2.45, 2.75) is 31.4 Å². The number of anilines is 1.